The van der Waals surface area contributed by atoms with Crippen molar-refractivity contribution in [2.75, 3.05) is 6.61 Å². The number of piperidine rings is 1. The highest BCUT2D eigenvalue weighted by atomic mass is 35.5. The smallest absolute Gasteiger partial charge is 0.310 e. The Kier molecular flexibility index (Phi) is 6.20. The Bertz CT molecular complexity index is 907. The molecule has 2 aliphatic rings. The van der Waals surface area contributed by atoms with Gasteiger partial charge in [0.2, 0.25) is 0 Å². The molecule has 1 N–H and O–H groups in total. The van der Waals surface area contributed by atoms with Gasteiger partial charge in [-0.25, -0.2) is 0 Å². The maximum Gasteiger partial charge on any atom is 0.310 e. The summed E-state index contributed by atoms with van der Waals surface area (Å²) in [5, 5.41) is 14.8. The van der Waals surface area contributed by atoms with Crippen LogP contribution in [-0.4, -0.2) is 40.5 Å². The van der Waals surface area contributed by atoms with Crippen LogP contribution in [0, 0.1) is 10.1 Å². The number of hydrogen-bond acceptors (Lipinski definition) is 5. The van der Waals surface area contributed by atoms with E-state index in [-0.39, 0.29) is 30.0 Å². The number of nitrogens with one attached hydrogen (secondary N) is 1. The quantitative estimate of drug-likeness (QED) is 0.532. The van der Waals surface area contributed by atoms with Crippen molar-refractivity contribution < 1.29 is 14.5 Å². The first kappa shape index (κ1) is 20.6. The molecule has 0 aliphatic carbocycles. The zero-order valence-corrected chi connectivity index (χ0v) is 17.3. The van der Waals surface area contributed by atoms with Gasteiger partial charge in [-0.2, -0.15) is 0 Å². The molecule has 8 heteroatoms. The molecule has 2 aromatic rings. The van der Waals surface area contributed by atoms with Gasteiger partial charge in [-0.15, -0.1) is 0 Å². The van der Waals surface area contributed by atoms with Gasteiger partial charge in [0.05, 0.1) is 4.92 Å². The van der Waals surface area contributed by atoms with Gasteiger partial charge < -0.3 is 10.1 Å². The van der Waals surface area contributed by atoms with Gasteiger partial charge >= 0.3 is 5.69 Å². The number of ether oxygens (including phenoxy) is 1. The highest BCUT2D eigenvalue weighted by Crippen LogP contribution is 2.37. The topological polar surface area (TPSA) is 84.7 Å². The first-order valence-electron chi connectivity index (χ1n) is 10.2. The van der Waals surface area contributed by atoms with Crippen molar-refractivity contribution >= 4 is 23.2 Å². The second kappa shape index (κ2) is 9.02. The van der Waals surface area contributed by atoms with Crippen molar-refractivity contribution in [3.63, 3.8) is 0 Å². The zero-order chi connectivity index (χ0) is 21.1. The van der Waals surface area contributed by atoms with E-state index in [4.69, 9.17) is 16.3 Å². The fourth-order valence-corrected chi connectivity index (χ4v) is 4.72. The van der Waals surface area contributed by atoms with Gasteiger partial charge in [0, 0.05) is 35.8 Å². The van der Waals surface area contributed by atoms with Crippen LogP contribution in [0.25, 0.3) is 0 Å². The van der Waals surface area contributed by atoms with E-state index in [9.17, 15) is 14.9 Å². The van der Waals surface area contributed by atoms with E-state index in [2.05, 4.69) is 22.3 Å². The summed E-state index contributed by atoms with van der Waals surface area (Å²) in [7, 11) is 0. The van der Waals surface area contributed by atoms with Gasteiger partial charge in [0.15, 0.2) is 12.4 Å². The largest absolute Gasteiger partial charge is 0.477 e. The van der Waals surface area contributed by atoms with Crippen LogP contribution < -0.4 is 10.1 Å². The number of amides is 1. The predicted molar refractivity (Wildman–Crippen MR) is 114 cm³/mol. The molecule has 2 saturated heterocycles. The van der Waals surface area contributed by atoms with Crippen molar-refractivity contribution in [2.45, 2.75) is 50.4 Å². The monoisotopic (exact) mass is 429 g/mol. The number of fused-ring (bicyclic) bond motifs is 2. The van der Waals surface area contributed by atoms with Crippen LogP contribution in [0.15, 0.2) is 48.5 Å². The molecule has 1 amide bonds. The van der Waals surface area contributed by atoms with E-state index >= 15 is 0 Å². The van der Waals surface area contributed by atoms with Crippen LogP contribution in [0.2, 0.25) is 5.02 Å². The Morgan fingerprint density at radius 1 is 1.13 bits per heavy atom. The summed E-state index contributed by atoms with van der Waals surface area (Å²) in [6, 6.07) is 15.0. The van der Waals surface area contributed by atoms with Gasteiger partial charge in [0.1, 0.15) is 0 Å². The van der Waals surface area contributed by atoms with Crippen molar-refractivity contribution in [3.05, 3.63) is 69.2 Å². The molecular weight excluding hydrogens is 406 g/mol. The highest BCUT2D eigenvalue weighted by Gasteiger charge is 2.40. The Morgan fingerprint density at radius 3 is 2.47 bits per heavy atom. The number of carbonyl (C=O) groups is 1. The van der Waals surface area contributed by atoms with Crippen molar-refractivity contribution in [1.29, 1.82) is 0 Å². The first-order valence-corrected chi connectivity index (χ1v) is 10.5. The van der Waals surface area contributed by atoms with Crippen LogP contribution >= 0.6 is 11.6 Å². The summed E-state index contributed by atoms with van der Waals surface area (Å²) >= 11 is 5.98. The summed E-state index contributed by atoms with van der Waals surface area (Å²) in [6.07, 6.45) is 4.08. The second-order valence-corrected chi connectivity index (χ2v) is 8.37. The van der Waals surface area contributed by atoms with Crippen molar-refractivity contribution in [1.82, 2.24) is 10.2 Å². The van der Waals surface area contributed by atoms with E-state index < -0.39 is 4.92 Å². The number of benzene rings is 2. The third-order valence-electron chi connectivity index (χ3n) is 5.95. The summed E-state index contributed by atoms with van der Waals surface area (Å²) in [4.78, 5) is 25.5. The maximum atomic E-state index is 12.4. The van der Waals surface area contributed by atoms with Crippen LogP contribution in [0.3, 0.4) is 0 Å². The molecule has 2 aromatic carbocycles. The van der Waals surface area contributed by atoms with Gasteiger partial charge in [-0.05, 0) is 49.4 Å². The van der Waals surface area contributed by atoms with Crippen molar-refractivity contribution in [2.24, 2.45) is 0 Å². The average molecular weight is 430 g/mol. The molecule has 2 unspecified atom stereocenters. The molecule has 2 aliphatic heterocycles. The summed E-state index contributed by atoms with van der Waals surface area (Å²) < 4.78 is 5.41. The van der Waals surface area contributed by atoms with E-state index in [1.165, 1.54) is 17.7 Å². The Morgan fingerprint density at radius 2 is 1.80 bits per heavy atom. The lowest BCUT2D eigenvalue weighted by atomic mass is 9.96. The number of rotatable bonds is 7. The molecule has 0 aromatic heterocycles. The number of para-hydroxylation sites is 2. The standard InChI is InChI=1S/C22H24ClN3O4/c23-16-7-5-15(6-8-16)13-25-18-9-10-19(25)12-17(11-18)24-22(27)14-30-21-4-2-1-3-20(21)26(28)29/h1-8,17-19H,9-14H2,(H,24,27). The van der Waals surface area contributed by atoms with E-state index in [1.807, 2.05) is 12.1 Å². The van der Waals surface area contributed by atoms with Gasteiger partial charge in [-0.1, -0.05) is 35.9 Å². The molecule has 0 saturated carbocycles. The molecular formula is C22H24ClN3O4. The SMILES string of the molecule is O=C(COc1ccccc1[N+](=O)[O-])NC1CC2CCC(C1)N2Cc1ccc(Cl)cc1. The Hall–Kier alpha value is -2.64. The van der Waals surface area contributed by atoms with E-state index in [1.54, 1.807) is 12.1 Å². The number of nitro benzene ring substituents is 1. The molecule has 0 spiro atoms. The lowest BCUT2D eigenvalue weighted by Crippen LogP contribution is -2.50. The van der Waals surface area contributed by atoms with Crippen molar-refractivity contribution in [3.8, 4) is 5.75 Å². The zero-order valence-electron chi connectivity index (χ0n) is 16.5. The Balaban J connectivity index is 1.29. The molecule has 0 radical (unpaired) electrons. The minimum atomic E-state index is -0.513. The Labute approximate surface area is 180 Å². The molecule has 158 valence electrons. The molecule has 2 atom stereocenters. The van der Waals surface area contributed by atoms with Crippen LogP contribution in [0.5, 0.6) is 5.75 Å². The normalized spacial score (nSPS) is 23.2. The molecule has 30 heavy (non-hydrogen) atoms. The molecule has 4 rings (SSSR count). The van der Waals surface area contributed by atoms with Gasteiger partial charge in [-0.3, -0.25) is 19.8 Å². The minimum Gasteiger partial charge on any atom is -0.477 e. The van der Waals surface area contributed by atoms with E-state index in [0.717, 1.165) is 37.3 Å². The lowest BCUT2D eigenvalue weighted by molar-refractivity contribution is -0.385. The summed E-state index contributed by atoms with van der Waals surface area (Å²) in [5.41, 5.74) is 1.11. The molecule has 2 bridgehead atoms. The molecule has 2 heterocycles. The average Bonchev–Trinajstić information content (AvgIpc) is 2.96. The van der Waals surface area contributed by atoms with Gasteiger partial charge in [0.25, 0.3) is 5.91 Å². The lowest BCUT2D eigenvalue weighted by Gasteiger charge is -2.39. The molecule has 2 fully saturated rings. The second-order valence-electron chi connectivity index (χ2n) is 7.93. The van der Waals surface area contributed by atoms with Crippen LogP contribution in [0.4, 0.5) is 5.69 Å². The number of halogens is 1. The fraction of sp³-hybridized carbons (Fsp3) is 0.409. The number of nitro groups is 1. The van der Waals surface area contributed by atoms with E-state index in [0.29, 0.717) is 12.1 Å². The van der Waals surface area contributed by atoms with Crippen LogP contribution in [-0.2, 0) is 11.3 Å². The molecule has 7 nitrogen and oxygen atoms in total. The number of carbonyl (C=O) groups excluding carboxylic acids is 1. The third-order valence-corrected chi connectivity index (χ3v) is 6.20. The minimum absolute atomic E-state index is 0.103. The third kappa shape index (κ3) is 4.74. The maximum absolute atomic E-state index is 12.4. The number of hydrogen-bond donors (Lipinski definition) is 1. The summed E-state index contributed by atoms with van der Waals surface area (Å²) in [5.74, 6) is -0.140. The summed E-state index contributed by atoms with van der Waals surface area (Å²) in [6.45, 7) is 0.666. The number of nitrogens with zero attached hydrogens (tertiary/aromatic N) is 2. The van der Waals surface area contributed by atoms with Crippen LogP contribution in [0.1, 0.15) is 31.2 Å². The fourth-order valence-electron chi connectivity index (χ4n) is 4.59. The highest BCUT2D eigenvalue weighted by molar-refractivity contribution is 6.30. The first-order chi connectivity index (χ1) is 14.5. The predicted octanol–water partition coefficient (Wildman–Crippen LogP) is 3.94.